The molecule has 14 heavy (non-hydrogen) atoms. The molecule has 0 aromatic heterocycles. The summed E-state index contributed by atoms with van der Waals surface area (Å²) in [6.07, 6.45) is 3.37. The Kier molecular flexibility index (Phi) is 16.8. The van der Waals surface area contributed by atoms with Crippen LogP contribution in [-0.4, -0.2) is 32.1 Å². The first-order valence-corrected chi connectivity index (χ1v) is 5.02. The Balaban J connectivity index is 0. The van der Waals surface area contributed by atoms with Crippen molar-refractivity contribution in [2.45, 2.75) is 26.2 Å². The third kappa shape index (κ3) is 30.2. The monoisotopic (exact) mass is 204 g/mol. The zero-order valence-electron chi connectivity index (χ0n) is 9.09. The molecule has 5 heteroatoms. The van der Waals surface area contributed by atoms with Gasteiger partial charge in [0, 0.05) is 6.92 Å². The molecule has 0 fully saturated rings. The van der Waals surface area contributed by atoms with E-state index in [4.69, 9.17) is 11.5 Å². The number of carbonyl (C=O) groups is 1. The zero-order chi connectivity index (χ0) is 11.2. The molecule has 86 valence electrons. The van der Waals surface area contributed by atoms with Crippen molar-refractivity contribution in [3.8, 4) is 0 Å². The maximum Gasteiger partial charge on any atom is 0.214 e. The number of hydrogen-bond acceptors (Lipinski definition) is 4. The predicted molar refractivity (Wildman–Crippen MR) is 59.7 cm³/mol. The first kappa shape index (κ1) is 15.8. The van der Waals surface area contributed by atoms with Crippen molar-refractivity contribution in [2.75, 3.05) is 26.2 Å². The van der Waals surface area contributed by atoms with Crippen molar-refractivity contribution in [3.63, 3.8) is 0 Å². The van der Waals surface area contributed by atoms with Crippen LogP contribution in [0.1, 0.15) is 26.2 Å². The third-order valence-corrected chi connectivity index (χ3v) is 1.37. The summed E-state index contributed by atoms with van der Waals surface area (Å²) in [4.78, 5) is 9.22. The summed E-state index contributed by atoms with van der Waals surface area (Å²) in [6, 6.07) is 0. The number of nitrogens with two attached hydrogens (primary N) is 3. The maximum absolute atomic E-state index is 9.22. The summed E-state index contributed by atoms with van der Waals surface area (Å²) >= 11 is 0. The number of nitrogens with one attached hydrogen (secondary N) is 1. The highest BCUT2D eigenvalue weighted by Crippen LogP contribution is 1.81. The number of carbonyl (C=O) groups excluding carboxylic acids is 1. The third-order valence-electron chi connectivity index (χ3n) is 1.37. The van der Waals surface area contributed by atoms with Gasteiger partial charge >= 0.3 is 0 Å². The van der Waals surface area contributed by atoms with Gasteiger partial charge in [0.25, 0.3) is 0 Å². The number of primary amides is 1. The minimum atomic E-state index is -0.333. The second-order valence-electron chi connectivity index (χ2n) is 3.00. The van der Waals surface area contributed by atoms with Crippen LogP contribution in [0.5, 0.6) is 0 Å². The molecule has 0 radical (unpaired) electrons. The minimum Gasteiger partial charge on any atom is -0.370 e. The molecular formula is C9H24N4O. The fraction of sp³-hybridized carbons (Fsp3) is 0.889. The smallest absolute Gasteiger partial charge is 0.214 e. The van der Waals surface area contributed by atoms with Gasteiger partial charge in [0.15, 0.2) is 0 Å². The molecule has 0 unspecified atom stereocenters. The average Bonchev–Trinajstić information content (AvgIpc) is 2.10. The van der Waals surface area contributed by atoms with Gasteiger partial charge in [-0.3, -0.25) is 4.79 Å². The van der Waals surface area contributed by atoms with Gasteiger partial charge in [0.2, 0.25) is 5.91 Å². The van der Waals surface area contributed by atoms with E-state index >= 15 is 0 Å². The van der Waals surface area contributed by atoms with Gasteiger partial charge in [-0.25, -0.2) is 0 Å². The fourth-order valence-electron chi connectivity index (χ4n) is 0.746. The van der Waals surface area contributed by atoms with Crippen molar-refractivity contribution in [1.82, 2.24) is 5.32 Å². The molecule has 5 nitrogen and oxygen atoms in total. The van der Waals surface area contributed by atoms with Crippen LogP contribution in [0.15, 0.2) is 0 Å². The summed E-state index contributed by atoms with van der Waals surface area (Å²) in [5, 5.41) is 3.29. The molecule has 1 amide bonds. The summed E-state index contributed by atoms with van der Waals surface area (Å²) in [5.41, 5.74) is 15.1. The van der Waals surface area contributed by atoms with E-state index in [1.807, 2.05) is 0 Å². The van der Waals surface area contributed by atoms with Crippen LogP contribution >= 0.6 is 0 Å². The zero-order valence-corrected chi connectivity index (χ0v) is 9.09. The summed E-state index contributed by atoms with van der Waals surface area (Å²) in [6.45, 7) is 5.01. The molecule has 0 saturated heterocycles. The van der Waals surface area contributed by atoms with Gasteiger partial charge in [-0.05, 0) is 45.4 Å². The Hall–Kier alpha value is -0.650. The van der Waals surface area contributed by atoms with E-state index in [0.717, 1.165) is 39.0 Å². The number of unbranched alkanes of at least 4 members (excludes halogenated alkanes) is 1. The number of rotatable bonds is 7. The standard InChI is InChI=1S/C7H19N3.C2H5NO/c8-4-1-2-6-10-7-3-5-9;1-2(3)4/h10H,1-9H2;1H3,(H2,3,4). The Labute approximate surface area is 86.4 Å². The number of hydrogen-bond donors (Lipinski definition) is 4. The molecule has 0 bridgehead atoms. The Morgan fingerprint density at radius 1 is 1.07 bits per heavy atom. The molecule has 0 aromatic rings. The van der Waals surface area contributed by atoms with Gasteiger partial charge in [0.1, 0.15) is 0 Å². The van der Waals surface area contributed by atoms with Gasteiger partial charge in [-0.2, -0.15) is 0 Å². The normalized spacial score (nSPS) is 9.07. The predicted octanol–water partition coefficient (Wildman–Crippen LogP) is -0.845. The van der Waals surface area contributed by atoms with Crippen molar-refractivity contribution in [1.29, 1.82) is 0 Å². The topological polar surface area (TPSA) is 107 Å². The second-order valence-corrected chi connectivity index (χ2v) is 3.00. The second kappa shape index (κ2) is 14.9. The Morgan fingerprint density at radius 2 is 1.50 bits per heavy atom. The Morgan fingerprint density at radius 3 is 1.93 bits per heavy atom. The SMILES string of the molecule is CC(N)=O.NCCCCNCCCN. The van der Waals surface area contributed by atoms with E-state index in [1.54, 1.807) is 0 Å². The van der Waals surface area contributed by atoms with E-state index in [2.05, 4.69) is 11.1 Å². The highest BCUT2D eigenvalue weighted by Gasteiger charge is 1.85. The lowest BCUT2D eigenvalue weighted by atomic mass is 10.3. The lowest BCUT2D eigenvalue weighted by Gasteiger charge is -2.01. The molecule has 0 heterocycles. The average molecular weight is 204 g/mol. The summed E-state index contributed by atoms with van der Waals surface area (Å²) in [5.74, 6) is -0.333. The van der Waals surface area contributed by atoms with Crippen LogP contribution in [0.2, 0.25) is 0 Å². The van der Waals surface area contributed by atoms with Crippen LogP contribution in [-0.2, 0) is 4.79 Å². The van der Waals surface area contributed by atoms with Gasteiger partial charge in [-0.15, -0.1) is 0 Å². The van der Waals surface area contributed by atoms with Gasteiger partial charge in [0.05, 0.1) is 0 Å². The largest absolute Gasteiger partial charge is 0.370 e. The molecule has 0 rings (SSSR count). The lowest BCUT2D eigenvalue weighted by molar-refractivity contribution is -0.115. The molecule has 0 aromatic carbocycles. The van der Waals surface area contributed by atoms with E-state index in [9.17, 15) is 4.79 Å². The highest BCUT2D eigenvalue weighted by molar-refractivity contribution is 5.70. The van der Waals surface area contributed by atoms with Crippen LogP contribution in [0.4, 0.5) is 0 Å². The Bertz CT molecular complexity index is 107. The summed E-state index contributed by atoms with van der Waals surface area (Å²) < 4.78 is 0. The summed E-state index contributed by atoms with van der Waals surface area (Å²) in [7, 11) is 0. The molecule has 0 aliphatic heterocycles. The van der Waals surface area contributed by atoms with Gasteiger partial charge < -0.3 is 22.5 Å². The van der Waals surface area contributed by atoms with Crippen LogP contribution in [0, 0.1) is 0 Å². The van der Waals surface area contributed by atoms with Crippen LogP contribution < -0.4 is 22.5 Å². The van der Waals surface area contributed by atoms with E-state index in [1.165, 1.54) is 13.3 Å². The van der Waals surface area contributed by atoms with Crippen molar-refractivity contribution < 1.29 is 4.79 Å². The lowest BCUT2D eigenvalue weighted by Crippen LogP contribution is -2.19. The quantitative estimate of drug-likeness (QED) is 0.405. The molecular weight excluding hydrogens is 180 g/mol. The van der Waals surface area contributed by atoms with Crippen LogP contribution in [0.25, 0.3) is 0 Å². The maximum atomic E-state index is 9.22. The number of amides is 1. The van der Waals surface area contributed by atoms with Crippen molar-refractivity contribution in [2.24, 2.45) is 17.2 Å². The van der Waals surface area contributed by atoms with Gasteiger partial charge in [-0.1, -0.05) is 0 Å². The first-order valence-electron chi connectivity index (χ1n) is 5.02. The molecule has 0 spiro atoms. The van der Waals surface area contributed by atoms with Crippen LogP contribution in [0.3, 0.4) is 0 Å². The first-order chi connectivity index (χ1) is 6.65. The molecule has 0 aliphatic carbocycles. The van der Waals surface area contributed by atoms with Crippen molar-refractivity contribution in [3.05, 3.63) is 0 Å². The van der Waals surface area contributed by atoms with E-state index in [0.29, 0.717) is 0 Å². The fourth-order valence-corrected chi connectivity index (χ4v) is 0.746. The highest BCUT2D eigenvalue weighted by atomic mass is 16.1. The molecule has 7 N–H and O–H groups in total. The molecule has 0 atom stereocenters. The van der Waals surface area contributed by atoms with E-state index < -0.39 is 0 Å². The van der Waals surface area contributed by atoms with E-state index in [-0.39, 0.29) is 5.91 Å². The minimum absolute atomic E-state index is 0.333. The molecule has 0 saturated carbocycles. The van der Waals surface area contributed by atoms with Crippen molar-refractivity contribution >= 4 is 5.91 Å². The molecule has 0 aliphatic rings.